The highest BCUT2D eigenvalue weighted by Crippen LogP contribution is 2.23. The van der Waals surface area contributed by atoms with Crippen LogP contribution in [0.2, 0.25) is 0 Å². The van der Waals surface area contributed by atoms with Crippen LogP contribution in [0.3, 0.4) is 0 Å². The molecule has 364 valence electrons. The fourth-order valence-electron chi connectivity index (χ4n) is 8.79. The summed E-state index contributed by atoms with van der Waals surface area (Å²) in [5.74, 6) is -0.252. The number of aliphatic hydroxyl groups excluding tert-OH is 6. The molecule has 0 spiro atoms. The lowest BCUT2D eigenvalue weighted by Crippen LogP contribution is -2.60. The zero-order chi connectivity index (χ0) is 44.6. The summed E-state index contributed by atoms with van der Waals surface area (Å²) < 4.78 is 11.2. The number of nitrogens with one attached hydrogen (secondary N) is 1. The first-order valence-corrected chi connectivity index (χ1v) is 26.3. The van der Waals surface area contributed by atoms with Gasteiger partial charge in [-0.2, -0.15) is 0 Å². The van der Waals surface area contributed by atoms with Crippen LogP contribution in [0.5, 0.6) is 0 Å². The Kier molecular flexibility index (Phi) is 39.9. The number of amides is 1. The van der Waals surface area contributed by atoms with Gasteiger partial charge in [-0.05, 0) is 12.8 Å². The van der Waals surface area contributed by atoms with Crippen molar-refractivity contribution in [2.45, 2.75) is 307 Å². The minimum absolute atomic E-state index is 0.252. The van der Waals surface area contributed by atoms with Gasteiger partial charge in [0, 0.05) is 6.42 Å². The standard InChI is InChI=1S/C51H101NO9/c1-3-5-7-9-11-13-15-17-18-19-20-21-22-23-24-25-26-27-28-30-32-34-36-38-40-46(55)52-43(42-60-51-50(59)49(58)48(57)45(41-53)61-51)47(56)44(54)39-37-35-33-31-29-16-14-12-10-8-6-4-2/h43-45,47-51,53-54,56-59H,3-42H2,1-2H3,(H,52,55)/t43-,44+,45+,47-,48+,49?,50?,51+/m0/s1. The number of ether oxygens (including phenoxy) is 2. The van der Waals surface area contributed by atoms with Crippen LogP contribution in [0.15, 0.2) is 0 Å². The Balaban J connectivity index is 2.24. The van der Waals surface area contributed by atoms with Gasteiger partial charge in [0.25, 0.3) is 0 Å². The Morgan fingerprint density at radius 2 is 0.852 bits per heavy atom. The second kappa shape index (κ2) is 41.8. The summed E-state index contributed by atoms with van der Waals surface area (Å²) in [5, 5.41) is 65.3. The molecule has 61 heavy (non-hydrogen) atoms. The fourth-order valence-corrected chi connectivity index (χ4v) is 8.79. The van der Waals surface area contributed by atoms with Crippen LogP contribution < -0.4 is 5.32 Å². The second-order valence-electron chi connectivity index (χ2n) is 18.8. The molecule has 8 atom stereocenters. The molecule has 1 aliphatic rings. The molecule has 0 radical (unpaired) electrons. The van der Waals surface area contributed by atoms with Gasteiger partial charge in [0.15, 0.2) is 6.29 Å². The molecule has 0 aromatic rings. The molecule has 0 aromatic carbocycles. The molecule has 1 aliphatic heterocycles. The number of aliphatic hydroxyl groups is 6. The summed E-state index contributed by atoms with van der Waals surface area (Å²) >= 11 is 0. The van der Waals surface area contributed by atoms with Gasteiger partial charge in [-0.3, -0.25) is 4.79 Å². The summed E-state index contributed by atoms with van der Waals surface area (Å²) in [4.78, 5) is 13.0. The first-order chi connectivity index (χ1) is 29.8. The minimum Gasteiger partial charge on any atom is -0.394 e. The first kappa shape index (κ1) is 58.2. The quantitative estimate of drug-likeness (QED) is 0.0295. The molecule has 0 aromatic heterocycles. The largest absolute Gasteiger partial charge is 0.394 e. The average molecular weight is 872 g/mol. The van der Waals surface area contributed by atoms with E-state index in [0.717, 1.165) is 38.5 Å². The van der Waals surface area contributed by atoms with E-state index in [9.17, 15) is 35.4 Å². The molecule has 10 heteroatoms. The normalized spacial score (nSPS) is 20.8. The van der Waals surface area contributed by atoms with E-state index in [0.29, 0.717) is 6.42 Å². The number of hydrogen-bond donors (Lipinski definition) is 7. The molecule has 1 amide bonds. The molecular formula is C51H101NO9. The third kappa shape index (κ3) is 31.6. The van der Waals surface area contributed by atoms with Gasteiger partial charge in [-0.25, -0.2) is 0 Å². The van der Waals surface area contributed by atoms with E-state index in [-0.39, 0.29) is 18.9 Å². The molecule has 2 unspecified atom stereocenters. The van der Waals surface area contributed by atoms with Gasteiger partial charge >= 0.3 is 0 Å². The van der Waals surface area contributed by atoms with Crippen LogP contribution in [0.25, 0.3) is 0 Å². The predicted molar refractivity (Wildman–Crippen MR) is 250 cm³/mol. The van der Waals surface area contributed by atoms with Crippen molar-refractivity contribution >= 4 is 5.91 Å². The molecule has 10 nitrogen and oxygen atoms in total. The van der Waals surface area contributed by atoms with E-state index in [1.54, 1.807) is 0 Å². The molecular weight excluding hydrogens is 771 g/mol. The fraction of sp³-hybridized carbons (Fsp3) is 0.980. The lowest BCUT2D eigenvalue weighted by molar-refractivity contribution is -0.303. The van der Waals surface area contributed by atoms with Crippen molar-refractivity contribution in [3.8, 4) is 0 Å². The van der Waals surface area contributed by atoms with E-state index < -0.39 is 55.6 Å². The molecule has 1 saturated heterocycles. The topological polar surface area (TPSA) is 169 Å². The van der Waals surface area contributed by atoms with Crippen LogP contribution in [0, 0.1) is 0 Å². The molecule has 0 saturated carbocycles. The van der Waals surface area contributed by atoms with E-state index in [2.05, 4.69) is 19.2 Å². The molecule has 1 heterocycles. The van der Waals surface area contributed by atoms with Crippen molar-refractivity contribution in [1.29, 1.82) is 0 Å². The Morgan fingerprint density at radius 1 is 0.508 bits per heavy atom. The smallest absolute Gasteiger partial charge is 0.220 e. The molecule has 1 rings (SSSR count). The Bertz CT molecular complexity index is 942. The minimum atomic E-state index is -1.60. The summed E-state index contributed by atoms with van der Waals surface area (Å²) in [6, 6.07) is -0.985. The monoisotopic (exact) mass is 872 g/mol. The van der Waals surface area contributed by atoms with Crippen molar-refractivity contribution in [3.05, 3.63) is 0 Å². The number of carbonyl (C=O) groups is 1. The SMILES string of the molecule is CCCCCCCCCCCCCCCCCCCCCCCCCCC(=O)N[C@@H](CO[C@@H]1O[C@H](CO)[C@@H](O)C(O)C1O)[C@H](O)[C@H](O)CCCCCCCCCCCCCC. The van der Waals surface area contributed by atoms with E-state index in [1.165, 1.54) is 193 Å². The molecule has 1 fully saturated rings. The maximum Gasteiger partial charge on any atom is 0.220 e. The average Bonchev–Trinajstić information content (AvgIpc) is 3.26. The van der Waals surface area contributed by atoms with Crippen LogP contribution in [0.1, 0.15) is 258 Å². The van der Waals surface area contributed by atoms with Gasteiger partial charge in [-0.15, -0.1) is 0 Å². The number of rotatable bonds is 45. The van der Waals surface area contributed by atoms with Crippen LogP contribution >= 0.6 is 0 Å². The zero-order valence-electron chi connectivity index (χ0n) is 39.8. The van der Waals surface area contributed by atoms with Crippen molar-refractivity contribution in [2.75, 3.05) is 13.2 Å². The van der Waals surface area contributed by atoms with Crippen LogP contribution in [0.4, 0.5) is 0 Å². The Labute approximate surface area is 375 Å². The highest BCUT2D eigenvalue weighted by atomic mass is 16.7. The molecule has 0 aliphatic carbocycles. The maximum absolute atomic E-state index is 13.0. The van der Waals surface area contributed by atoms with Crippen molar-refractivity contribution in [3.63, 3.8) is 0 Å². The maximum atomic E-state index is 13.0. The van der Waals surface area contributed by atoms with Crippen molar-refractivity contribution in [2.24, 2.45) is 0 Å². The summed E-state index contributed by atoms with van der Waals surface area (Å²) in [6.45, 7) is 3.63. The highest BCUT2D eigenvalue weighted by Gasteiger charge is 2.44. The molecule has 0 bridgehead atoms. The summed E-state index contributed by atoms with van der Waals surface area (Å²) in [5.41, 5.74) is 0. The van der Waals surface area contributed by atoms with Gasteiger partial charge in [0.2, 0.25) is 5.91 Å². The number of hydrogen-bond acceptors (Lipinski definition) is 9. The third-order valence-electron chi connectivity index (χ3n) is 13.1. The van der Waals surface area contributed by atoms with E-state index in [4.69, 9.17) is 9.47 Å². The zero-order valence-corrected chi connectivity index (χ0v) is 39.8. The lowest BCUT2D eigenvalue weighted by atomic mass is 9.98. The summed E-state index contributed by atoms with van der Waals surface area (Å²) in [6.07, 6.45) is 36.9. The Morgan fingerprint density at radius 3 is 1.21 bits per heavy atom. The van der Waals surface area contributed by atoms with Gasteiger partial charge in [0.05, 0.1) is 25.4 Å². The number of unbranched alkanes of at least 4 members (excludes halogenated alkanes) is 34. The number of carbonyl (C=O) groups excluding carboxylic acids is 1. The molecule has 7 N–H and O–H groups in total. The van der Waals surface area contributed by atoms with Crippen LogP contribution in [-0.4, -0.2) is 98.7 Å². The predicted octanol–water partition coefficient (Wildman–Crippen LogP) is 10.9. The third-order valence-corrected chi connectivity index (χ3v) is 13.1. The summed E-state index contributed by atoms with van der Waals surface area (Å²) in [7, 11) is 0. The second-order valence-corrected chi connectivity index (χ2v) is 18.8. The van der Waals surface area contributed by atoms with Crippen molar-refractivity contribution in [1.82, 2.24) is 5.32 Å². The van der Waals surface area contributed by atoms with Gasteiger partial charge < -0.3 is 45.4 Å². The van der Waals surface area contributed by atoms with E-state index in [1.807, 2.05) is 0 Å². The Hall–Kier alpha value is -0.850. The lowest BCUT2D eigenvalue weighted by Gasteiger charge is -2.40. The van der Waals surface area contributed by atoms with Crippen LogP contribution in [-0.2, 0) is 14.3 Å². The van der Waals surface area contributed by atoms with Gasteiger partial charge in [0.1, 0.15) is 30.5 Å². The highest BCUT2D eigenvalue weighted by molar-refractivity contribution is 5.76. The van der Waals surface area contributed by atoms with Gasteiger partial charge in [-0.1, -0.05) is 239 Å². The first-order valence-electron chi connectivity index (χ1n) is 26.3. The van der Waals surface area contributed by atoms with Crippen molar-refractivity contribution < 1.29 is 44.9 Å². The van der Waals surface area contributed by atoms with E-state index >= 15 is 0 Å².